The fraction of sp³-hybridized carbons (Fsp3) is 0. The summed E-state index contributed by atoms with van der Waals surface area (Å²) in [7, 11) is 0. The Bertz CT molecular complexity index is 816. The second-order valence-corrected chi connectivity index (χ2v) is 5.89. The van der Waals surface area contributed by atoms with Crippen molar-refractivity contribution in [3.05, 3.63) is 57.5 Å². The van der Waals surface area contributed by atoms with Crippen LogP contribution < -0.4 is 5.73 Å². The van der Waals surface area contributed by atoms with E-state index in [4.69, 9.17) is 28.9 Å². The first-order chi connectivity index (χ1) is 10.1. The van der Waals surface area contributed by atoms with Gasteiger partial charge in [-0.15, -0.1) is 0 Å². The van der Waals surface area contributed by atoms with Gasteiger partial charge in [-0.1, -0.05) is 23.2 Å². The summed E-state index contributed by atoms with van der Waals surface area (Å²) in [4.78, 5) is 8.27. The third kappa shape index (κ3) is 2.52. The lowest BCUT2D eigenvalue weighted by Gasteiger charge is -2.12. The standard InChI is InChI=1S/C14H9BrCl2N4/c15-9-3-4-10(13(17)12(9)16)21-7-19-6-11(21)8-2-1-5-20-14(8)18/h1-7H,(H2,18,20). The minimum atomic E-state index is 0.429. The Labute approximate surface area is 139 Å². The first-order valence-electron chi connectivity index (χ1n) is 5.96. The molecule has 0 fully saturated rings. The SMILES string of the molecule is Nc1ncccc1-c1cncn1-c1ccc(Br)c(Cl)c1Cl. The molecule has 3 aromatic rings. The molecule has 0 aliphatic carbocycles. The number of nitrogens with zero attached hydrogens (tertiary/aromatic N) is 3. The minimum absolute atomic E-state index is 0.429. The third-order valence-electron chi connectivity index (χ3n) is 3.03. The molecule has 0 saturated heterocycles. The van der Waals surface area contributed by atoms with Crippen molar-refractivity contribution in [2.24, 2.45) is 0 Å². The molecule has 0 atom stereocenters. The van der Waals surface area contributed by atoms with Gasteiger partial charge in [-0.25, -0.2) is 9.97 Å². The highest BCUT2D eigenvalue weighted by Gasteiger charge is 2.15. The molecule has 0 unspecified atom stereocenters. The number of nitrogens with two attached hydrogens (primary N) is 1. The summed E-state index contributed by atoms with van der Waals surface area (Å²) in [6, 6.07) is 7.39. The molecule has 0 aliphatic rings. The largest absolute Gasteiger partial charge is 0.383 e. The Morgan fingerprint density at radius 3 is 2.71 bits per heavy atom. The summed E-state index contributed by atoms with van der Waals surface area (Å²) >= 11 is 15.9. The number of hydrogen-bond donors (Lipinski definition) is 1. The molecule has 0 radical (unpaired) electrons. The first-order valence-corrected chi connectivity index (χ1v) is 7.51. The first kappa shape index (κ1) is 14.4. The van der Waals surface area contributed by atoms with Crippen LogP contribution >= 0.6 is 39.1 Å². The highest BCUT2D eigenvalue weighted by Crippen LogP contribution is 2.36. The molecule has 3 rings (SSSR count). The lowest BCUT2D eigenvalue weighted by molar-refractivity contribution is 1.06. The highest BCUT2D eigenvalue weighted by atomic mass is 79.9. The number of rotatable bonds is 2. The van der Waals surface area contributed by atoms with E-state index in [1.165, 1.54) is 0 Å². The van der Waals surface area contributed by atoms with Crippen LogP contribution in [0.5, 0.6) is 0 Å². The molecule has 2 aromatic heterocycles. The molecule has 21 heavy (non-hydrogen) atoms. The zero-order valence-electron chi connectivity index (χ0n) is 10.6. The Morgan fingerprint density at radius 1 is 1.14 bits per heavy atom. The fourth-order valence-electron chi connectivity index (χ4n) is 2.02. The zero-order chi connectivity index (χ0) is 15.0. The van der Waals surface area contributed by atoms with Gasteiger partial charge in [-0.2, -0.15) is 0 Å². The van der Waals surface area contributed by atoms with Gasteiger partial charge < -0.3 is 5.73 Å². The van der Waals surface area contributed by atoms with Gasteiger partial charge in [-0.05, 0) is 40.2 Å². The van der Waals surface area contributed by atoms with Crippen molar-refractivity contribution < 1.29 is 0 Å². The predicted molar refractivity (Wildman–Crippen MR) is 88.9 cm³/mol. The van der Waals surface area contributed by atoms with Crippen molar-refractivity contribution in [2.75, 3.05) is 5.73 Å². The van der Waals surface area contributed by atoms with Gasteiger partial charge in [0.1, 0.15) is 5.82 Å². The number of hydrogen-bond acceptors (Lipinski definition) is 3. The van der Waals surface area contributed by atoms with E-state index < -0.39 is 0 Å². The number of imidazole rings is 1. The van der Waals surface area contributed by atoms with Crippen LogP contribution in [0.3, 0.4) is 0 Å². The topological polar surface area (TPSA) is 56.7 Å². The van der Waals surface area contributed by atoms with Gasteiger partial charge in [0.25, 0.3) is 0 Å². The molecule has 0 amide bonds. The molecule has 0 bridgehead atoms. The van der Waals surface area contributed by atoms with E-state index in [9.17, 15) is 0 Å². The highest BCUT2D eigenvalue weighted by molar-refractivity contribution is 9.10. The van der Waals surface area contributed by atoms with Crippen LogP contribution in [0.4, 0.5) is 5.82 Å². The van der Waals surface area contributed by atoms with Crippen molar-refractivity contribution >= 4 is 44.9 Å². The molecular formula is C14H9BrCl2N4. The van der Waals surface area contributed by atoms with E-state index in [0.29, 0.717) is 15.9 Å². The summed E-state index contributed by atoms with van der Waals surface area (Å²) in [5.74, 6) is 0.429. The van der Waals surface area contributed by atoms with Crippen molar-refractivity contribution in [1.82, 2.24) is 14.5 Å². The fourth-order valence-corrected chi connectivity index (χ4v) is 2.88. The van der Waals surface area contributed by atoms with Gasteiger partial charge in [0.05, 0.1) is 34.0 Å². The summed E-state index contributed by atoms with van der Waals surface area (Å²) in [6.45, 7) is 0. The van der Waals surface area contributed by atoms with Crippen LogP contribution in [0.15, 0.2) is 47.5 Å². The lowest BCUT2D eigenvalue weighted by Crippen LogP contribution is -2.00. The summed E-state index contributed by atoms with van der Waals surface area (Å²) in [5.41, 5.74) is 8.23. The quantitative estimate of drug-likeness (QED) is 0.658. The van der Waals surface area contributed by atoms with Crippen LogP contribution in [0.2, 0.25) is 10.0 Å². The van der Waals surface area contributed by atoms with Crippen LogP contribution in [0.1, 0.15) is 0 Å². The second kappa shape index (κ2) is 5.67. The molecule has 7 heteroatoms. The average Bonchev–Trinajstić information content (AvgIpc) is 2.94. The molecular weight excluding hydrogens is 375 g/mol. The van der Waals surface area contributed by atoms with Crippen molar-refractivity contribution in [3.8, 4) is 16.9 Å². The van der Waals surface area contributed by atoms with Gasteiger partial charge >= 0.3 is 0 Å². The zero-order valence-corrected chi connectivity index (χ0v) is 13.7. The molecule has 2 N–H and O–H groups in total. The van der Waals surface area contributed by atoms with E-state index in [1.54, 1.807) is 18.7 Å². The van der Waals surface area contributed by atoms with Crippen molar-refractivity contribution in [3.63, 3.8) is 0 Å². The molecule has 0 spiro atoms. The van der Waals surface area contributed by atoms with Crippen molar-refractivity contribution in [2.45, 2.75) is 0 Å². The maximum absolute atomic E-state index is 6.33. The van der Waals surface area contributed by atoms with Crippen LogP contribution in [0, 0.1) is 0 Å². The summed E-state index contributed by atoms with van der Waals surface area (Å²) < 4.78 is 2.56. The Kier molecular flexibility index (Phi) is 3.89. The molecule has 4 nitrogen and oxygen atoms in total. The lowest BCUT2D eigenvalue weighted by atomic mass is 10.2. The number of nitrogen functional groups attached to an aromatic ring is 1. The van der Waals surface area contributed by atoms with Crippen LogP contribution in [0.25, 0.3) is 16.9 Å². The average molecular weight is 384 g/mol. The molecule has 0 aliphatic heterocycles. The minimum Gasteiger partial charge on any atom is -0.383 e. The Balaban J connectivity index is 2.21. The van der Waals surface area contributed by atoms with Gasteiger partial charge in [0, 0.05) is 16.2 Å². The van der Waals surface area contributed by atoms with E-state index in [1.807, 2.05) is 28.8 Å². The Morgan fingerprint density at radius 2 is 1.95 bits per heavy atom. The Hall–Kier alpha value is -1.56. The van der Waals surface area contributed by atoms with Crippen LogP contribution in [-0.2, 0) is 0 Å². The van der Waals surface area contributed by atoms with Gasteiger partial charge in [-0.3, -0.25) is 4.57 Å². The summed E-state index contributed by atoms with van der Waals surface area (Å²) in [5, 5.41) is 0.890. The number of pyridine rings is 1. The number of benzene rings is 1. The van der Waals surface area contributed by atoms with E-state index in [2.05, 4.69) is 25.9 Å². The van der Waals surface area contributed by atoms with E-state index >= 15 is 0 Å². The van der Waals surface area contributed by atoms with Crippen molar-refractivity contribution in [1.29, 1.82) is 0 Å². The third-order valence-corrected chi connectivity index (χ3v) is 4.79. The second-order valence-electron chi connectivity index (χ2n) is 4.28. The molecule has 0 saturated carbocycles. The molecule has 1 aromatic carbocycles. The van der Waals surface area contributed by atoms with Gasteiger partial charge in [0.15, 0.2) is 0 Å². The molecule has 2 heterocycles. The molecule has 106 valence electrons. The normalized spacial score (nSPS) is 10.8. The maximum Gasteiger partial charge on any atom is 0.132 e. The van der Waals surface area contributed by atoms with E-state index in [0.717, 1.165) is 21.4 Å². The number of aromatic nitrogens is 3. The van der Waals surface area contributed by atoms with Gasteiger partial charge in [0.2, 0.25) is 0 Å². The summed E-state index contributed by atoms with van der Waals surface area (Å²) in [6.07, 6.45) is 5.01. The van der Waals surface area contributed by atoms with E-state index in [-0.39, 0.29) is 0 Å². The predicted octanol–water partition coefficient (Wildman–Crippen LogP) is 4.59. The number of anilines is 1. The maximum atomic E-state index is 6.33. The van der Waals surface area contributed by atoms with Crippen LogP contribution in [-0.4, -0.2) is 14.5 Å². The monoisotopic (exact) mass is 382 g/mol. The number of halogens is 3. The smallest absolute Gasteiger partial charge is 0.132 e.